The third kappa shape index (κ3) is 4.00. The molecule has 3 aliphatic rings. The summed E-state index contributed by atoms with van der Waals surface area (Å²) in [5.41, 5.74) is 2.24. The van der Waals surface area contributed by atoms with Gasteiger partial charge < -0.3 is 9.80 Å². The molecule has 2 aliphatic heterocycles. The van der Waals surface area contributed by atoms with Gasteiger partial charge in [-0.3, -0.25) is 9.69 Å². The zero-order valence-electron chi connectivity index (χ0n) is 18.7. The minimum Gasteiger partial charge on any atom is -0.338 e. The first-order valence-electron chi connectivity index (χ1n) is 12.0. The number of carbonyl (C=O) groups is 1. The SMILES string of the molecule is O=C(c1sc2ccccc2c1Cl)N1CCc2cnc(N3CCN(C4CCC4)CC3)nc2CC1. The topological polar surface area (TPSA) is 52.6 Å². The van der Waals surface area contributed by atoms with Crippen LogP contribution in [0.3, 0.4) is 0 Å². The third-order valence-corrected chi connectivity index (χ3v) is 9.08. The lowest BCUT2D eigenvalue weighted by atomic mass is 9.91. The van der Waals surface area contributed by atoms with Gasteiger partial charge in [0.15, 0.2) is 0 Å². The van der Waals surface area contributed by atoms with Crippen molar-refractivity contribution < 1.29 is 4.79 Å². The molecule has 0 N–H and O–H groups in total. The van der Waals surface area contributed by atoms with Crippen molar-refractivity contribution in [3.8, 4) is 0 Å². The fourth-order valence-corrected chi connectivity index (χ4v) is 6.63. The Morgan fingerprint density at radius 1 is 1.03 bits per heavy atom. The van der Waals surface area contributed by atoms with E-state index in [4.69, 9.17) is 21.6 Å². The molecule has 6 rings (SSSR count). The van der Waals surface area contributed by atoms with Crippen LogP contribution in [0, 0.1) is 0 Å². The summed E-state index contributed by atoms with van der Waals surface area (Å²) < 4.78 is 1.05. The number of halogens is 1. The Balaban J connectivity index is 1.14. The lowest BCUT2D eigenvalue weighted by Crippen LogP contribution is -2.52. The van der Waals surface area contributed by atoms with Crippen LogP contribution in [-0.4, -0.2) is 71.0 Å². The molecule has 0 bridgehead atoms. The zero-order valence-corrected chi connectivity index (χ0v) is 20.2. The molecule has 1 saturated carbocycles. The highest BCUT2D eigenvalue weighted by Gasteiger charge is 2.29. The molecule has 1 saturated heterocycles. The number of amides is 1. The van der Waals surface area contributed by atoms with Crippen LogP contribution in [0.4, 0.5) is 5.95 Å². The Labute approximate surface area is 203 Å². The quantitative estimate of drug-likeness (QED) is 0.559. The number of fused-ring (bicyclic) bond motifs is 2. The smallest absolute Gasteiger partial charge is 0.265 e. The molecule has 6 nitrogen and oxygen atoms in total. The lowest BCUT2D eigenvalue weighted by molar-refractivity contribution is 0.0768. The summed E-state index contributed by atoms with van der Waals surface area (Å²) in [5.74, 6) is 0.864. The van der Waals surface area contributed by atoms with Gasteiger partial charge in [0.05, 0.1) is 10.7 Å². The highest BCUT2D eigenvalue weighted by atomic mass is 35.5. The van der Waals surface area contributed by atoms with Gasteiger partial charge in [-0.1, -0.05) is 36.2 Å². The molecular formula is C25H28ClN5OS. The van der Waals surface area contributed by atoms with Crippen LogP contribution in [0.1, 0.15) is 40.2 Å². The van der Waals surface area contributed by atoms with Gasteiger partial charge in [-0.2, -0.15) is 0 Å². The van der Waals surface area contributed by atoms with E-state index in [-0.39, 0.29) is 5.91 Å². The predicted molar refractivity (Wildman–Crippen MR) is 134 cm³/mol. The monoisotopic (exact) mass is 481 g/mol. The standard InChI is InChI=1S/C25H28ClN5OS/c26-22-19-6-1-2-7-21(19)33-23(22)24(32)30-10-8-17-16-27-25(28-20(17)9-11-30)31-14-12-29(13-15-31)18-4-3-5-18/h1-2,6-7,16,18H,3-5,8-15H2. The van der Waals surface area contributed by atoms with Crippen molar-refractivity contribution in [2.24, 2.45) is 0 Å². The van der Waals surface area contributed by atoms with Crippen molar-refractivity contribution in [3.63, 3.8) is 0 Å². The van der Waals surface area contributed by atoms with E-state index in [2.05, 4.69) is 9.80 Å². The Hall–Kier alpha value is -2.22. The van der Waals surface area contributed by atoms with Crippen molar-refractivity contribution in [2.75, 3.05) is 44.2 Å². The maximum atomic E-state index is 13.3. The summed E-state index contributed by atoms with van der Waals surface area (Å²) in [6.45, 7) is 5.50. The summed E-state index contributed by atoms with van der Waals surface area (Å²) >= 11 is 8.07. The summed E-state index contributed by atoms with van der Waals surface area (Å²) in [6, 6.07) is 8.74. The van der Waals surface area contributed by atoms with Gasteiger partial charge in [0, 0.05) is 68.0 Å². The summed E-state index contributed by atoms with van der Waals surface area (Å²) in [5, 5.41) is 1.53. The van der Waals surface area contributed by atoms with Gasteiger partial charge in [-0.05, 0) is 30.9 Å². The van der Waals surface area contributed by atoms with E-state index in [1.54, 1.807) is 0 Å². The van der Waals surface area contributed by atoms with Crippen molar-refractivity contribution in [2.45, 2.75) is 38.1 Å². The normalized spacial score (nSPS) is 19.9. The van der Waals surface area contributed by atoms with Crippen molar-refractivity contribution in [3.05, 3.63) is 51.6 Å². The van der Waals surface area contributed by atoms with E-state index >= 15 is 0 Å². The Bertz CT molecular complexity index is 1180. The number of anilines is 1. The molecule has 4 heterocycles. The molecule has 172 valence electrons. The van der Waals surface area contributed by atoms with Crippen LogP contribution >= 0.6 is 22.9 Å². The predicted octanol–water partition coefficient (Wildman–Crippen LogP) is 4.26. The number of aromatic nitrogens is 2. The van der Waals surface area contributed by atoms with E-state index in [9.17, 15) is 4.79 Å². The first kappa shape index (κ1) is 21.3. The van der Waals surface area contributed by atoms with E-state index in [0.29, 0.717) is 23.0 Å². The largest absolute Gasteiger partial charge is 0.338 e. The van der Waals surface area contributed by atoms with Gasteiger partial charge in [0.1, 0.15) is 4.88 Å². The molecule has 2 aromatic heterocycles. The van der Waals surface area contributed by atoms with E-state index in [1.165, 1.54) is 30.6 Å². The fraction of sp³-hybridized carbons (Fsp3) is 0.480. The number of hydrogen-bond donors (Lipinski definition) is 0. The molecule has 8 heteroatoms. The Kier molecular flexibility index (Phi) is 5.72. The molecule has 3 aromatic rings. The van der Waals surface area contributed by atoms with Crippen LogP contribution in [0.5, 0.6) is 0 Å². The molecule has 0 atom stereocenters. The molecule has 1 aliphatic carbocycles. The average Bonchev–Trinajstić information content (AvgIpc) is 3.00. The average molecular weight is 482 g/mol. The second-order valence-corrected chi connectivity index (χ2v) is 10.7. The number of piperazine rings is 1. The van der Waals surface area contributed by atoms with Crippen LogP contribution in [0.25, 0.3) is 10.1 Å². The molecule has 2 fully saturated rings. The second-order valence-electron chi connectivity index (χ2n) is 9.28. The molecule has 0 unspecified atom stereocenters. The van der Waals surface area contributed by atoms with Crippen LogP contribution in [0.15, 0.2) is 30.5 Å². The molecule has 0 spiro atoms. The van der Waals surface area contributed by atoms with Gasteiger partial charge in [-0.25, -0.2) is 9.97 Å². The molecule has 0 radical (unpaired) electrons. The highest BCUT2D eigenvalue weighted by molar-refractivity contribution is 7.21. The van der Waals surface area contributed by atoms with Crippen LogP contribution in [-0.2, 0) is 12.8 Å². The Morgan fingerprint density at radius 3 is 2.58 bits per heavy atom. The molecule has 1 aromatic carbocycles. The minimum absolute atomic E-state index is 0.0225. The minimum atomic E-state index is 0.0225. The molecular weight excluding hydrogens is 454 g/mol. The van der Waals surface area contributed by atoms with E-state index in [0.717, 1.165) is 72.4 Å². The van der Waals surface area contributed by atoms with Gasteiger partial charge in [0.25, 0.3) is 5.91 Å². The Morgan fingerprint density at radius 2 is 1.82 bits per heavy atom. The van der Waals surface area contributed by atoms with Gasteiger partial charge >= 0.3 is 0 Å². The van der Waals surface area contributed by atoms with E-state index < -0.39 is 0 Å². The number of benzene rings is 1. The zero-order chi connectivity index (χ0) is 22.4. The number of hydrogen-bond acceptors (Lipinski definition) is 6. The fourth-order valence-electron chi connectivity index (χ4n) is 5.15. The summed E-state index contributed by atoms with van der Waals surface area (Å²) in [4.78, 5) is 30.5. The van der Waals surface area contributed by atoms with E-state index in [1.807, 2.05) is 35.4 Å². The lowest BCUT2D eigenvalue weighted by Gasteiger charge is -2.43. The van der Waals surface area contributed by atoms with Crippen LogP contribution in [0.2, 0.25) is 5.02 Å². The number of nitrogens with zero attached hydrogens (tertiary/aromatic N) is 5. The maximum absolute atomic E-state index is 13.3. The summed E-state index contributed by atoms with van der Waals surface area (Å²) in [7, 11) is 0. The number of rotatable bonds is 3. The molecule has 1 amide bonds. The second kappa shape index (κ2) is 8.85. The van der Waals surface area contributed by atoms with Crippen molar-refractivity contribution in [1.82, 2.24) is 19.8 Å². The first-order chi connectivity index (χ1) is 16.2. The van der Waals surface area contributed by atoms with Crippen molar-refractivity contribution >= 4 is 44.9 Å². The van der Waals surface area contributed by atoms with Gasteiger partial charge in [-0.15, -0.1) is 11.3 Å². The van der Waals surface area contributed by atoms with Gasteiger partial charge in [0.2, 0.25) is 5.95 Å². The van der Waals surface area contributed by atoms with Crippen LogP contribution < -0.4 is 4.90 Å². The third-order valence-electron chi connectivity index (χ3n) is 7.42. The first-order valence-corrected chi connectivity index (χ1v) is 13.2. The maximum Gasteiger partial charge on any atom is 0.265 e. The highest BCUT2D eigenvalue weighted by Crippen LogP contribution is 2.36. The van der Waals surface area contributed by atoms with Crippen molar-refractivity contribution in [1.29, 1.82) is 0 Å². The number of thiophene rings is 1. The number of carbonyl (C=O) groups excluding carboxylic acids is 1. The summed E-state index contributed by atoms with van der Waals surface area (Å²) in [6.07, 6.45) is 7.61. The molecule has 33 heavy (non-hydrogen) atoms.